The van der Waals surface area contributed by atoms with Crippen molar-refractivity contribution >= 4 is 0 Å². The maximum absolute atomic E-state index is 9.44. The van der Waals surface area contributed by atoms with Crippen LogP contribution in [0.3, 0.4) is 0 Å². The van der Waals surface area contributed by atoms with E-state index < -0.39 is 0 Å². The molecule has 1 heterocycles. The molecule has 1 saturated carbocycles. The minimum absolute atomic E-state index is 0.0755. The third-order valence-electron chi connectivity index (χ3n) is 3.27. The Balaban J connectivity index is 2.03. The maximum Gasteiger partial charge on any atom is 0.0655 e. The van der Waals surface area contributed by atoms with Gasteiger partial charge in [-0.05, 0) is 45.6 Å². The molecule has 1 N–H and O–H groups in total. The molecule has 0 saturated heterocycles. The van der Waals surface area contributed by atoms with Crippen LogP contribution in [0.5, 0.6) is 0 Å². The van der Waals surface area contributed by atoms with Crippen LogP contribution in [0.1, 0.15) is 57.2 Å². The zero-order chi connectivity index (χ0) is 10.8. The molecule has 0 spiro atoms. The summed E-state index contributed by atoms with van der Waals surface area (Å²) in [5.41, 5.74) is 1.20. The van der Waals surface area contributed by atoms with Gasteiger partial charge < -0.3 is 5.11 Å². The average molecular weight is 208 g/mol. The lowest BCUT2D eigenvalue weighted by Gasteiger charge is -2.23. The van der Waals surface area contributed by atoms with Crippen LogP contribution >= 0.6 is 0 Å². The van der Waals surface area contributed by atoms with Gasteiger partial charge in [0.2, 0.25) is 0 Å². The summed E-state index contributed by atoms with van der Waals surface area (Å²) in [6.45, 7) is 4.28. The number of aromatic nitrogens is 2. The molecule has 0 bridgehead atoms. The van der Waals surface area contributed by atoms with Crippen molar-refractivity contribution in [2.45, 2.75) is 57.6 Å². The van der Waals surface area contributed by atoms with Crippen molar-refractivity contribution in [2.24, 2.45) is 0 Å². The quantitative estimate of drug-likeness (QED) is 0.810. The molecule has 0 aromatic carbocycles. The van der Waals surface area contributed by atoms with Crippen molar-refractivity contribution in [2.75, 3.05) is 0 Å². The Bertz CT molecular complexity index is 311. The van der Waals surface area contributed by atoms with E-state index in [0.717, 1.165) is 25.7 Å². The van der Waals surface area contributed by atoms with E-state index in [4.69, 9.17) is 0 Å². The average Bonchev–Trinajstić information content (AvgIpc) is 2.68. The number of aliphatic hydroxyl groups excluding tert-OH is 1. The highest BCUT2D eigenvalue weighted by molar-refractivity contribution is 5.08. The fourth-order valence-corrected chi connectivity index (χ4v) is 2.23. The minimum atomic E-state index is -0.0755. The molecule has 15 heavy (non-hydrogen) atoms. The highest BCUT2D eigenvalue weighted by Crippen LogP contribution is 2.31. The molecular weight excluding hydrogens is 188 g/mol. The van der Waals surface area contributed by atoms with Gasteiger partial charge in [0.05, 0.1) is 11.8 Å². The van der Waals surface area contributed by atoms with Crippen molar-refractivity contribution in [1.29, 1.82) is 0 Å². The van der Waals surface area contributed by atoms with Crippen LogP contribution in [0, 0.1) is 0 Å². The Morgan fingerprint density at radius 3 is 2.53 bits per heavy atom. The van der Waals surface area contributed by atoms with E-state index in [1.807, 2.05) is 4.68 Å². The van der Waals surface area contributed by atoms with Gasteiger partial charge in [-0.2, -0.15) is 5.10 Å². The molecule has 3 heteroatoms. The fourth-order valence-electron chi connectivity index (χ4n) is 2.23. The lowest BCUT2D eigenvalue weighted by molar-refractivity contribution is 0.122. The van der Waals surface area contributed by atoms with Gasteiger partial charge in [-0.25, -0.2) is 0 Å². The van der Waals surface area contributed by atoms with E-state index in [1.54, 1.807) is 0 Å². The summed E-state index contributed by atoms with van der Waals surface area (Å²) in [6, 6.07) is 2.57. The second kappa shape index (κ2) is 4.35. The zero-order valence-corrected chi connectivity index (χ0v) is 9.56. The number of hydrogen-bond acceptors (Lipinski definition) is 2. The molecule has 1 aliphatic carbocycles. The Kier molecular flexibility index (Phi) is 3.10. The van der Waals surface area contributed by atoms with Crippen LogP contribution in [0.2, 0.25) is 0 Å². The summed E-state index contributed by atoms with van der Waals surface area (Å²) >= 11 is 0. The second-order valence-corrected chi connectivity index (χ2v) is 4.82. The first-order chi connectivity index (χ1) is 7.16. The molecule has 0 radical (unpaired) electrons. The molecule has 1 fully saturated rings. The summed E-state index contributed by atoms with van der Waals surface area (Å²) in [7, 11) is 0. The first-order valence-corrected chi connectivity index (χ1v) is 5.90. The Morgan fingerprint density at radius 2 is 2.00 bits per heavy atom. The van der Waals surface area contributed by atoms with Crippen LogP contribution < -0.4 is 0 Å². The summed E-state index contributed by atoms with van der Waals surface area (Å²) < 4.78 is 2.01. The SMILES string of the molecule is CC(C)n1ccc(C2CCC(O)CC2)n1. The summed E-state index contributed by atoms with van der Waals surface area (Å²) in [4.78, 5) is 0. The predicted octanol–water partition coefficient (Wildman–Crippen LogP) is 2.48. The largest absolute Gasteiger partial charge is 0.393 e. The molecule has 0 amide bonds. The highest BCUT2D eigenvalue weighted by Gasteiger charge is 2.22. The summed E-state index contributed by atoms with van der Waals surface area (Å²) in [5.74, 6) is 0.563. The van der Waals surface area contributed by atoms with Gasteiger partial charge in [-0.1, -0.05) is 0 Å². The van der Waals surface area contributed by atoms with E-state index in [-0.39, 0.29) is 6.10 Å². The number of aliphatic hydroxyl groups is 1. The van der Waals surface area contributed by atoms with Gasteiger partial charge >= 0.3 is 0 Å². The van der Waals surface area contributed by atoms with Crippen LogP contribution in [0.4, 0.5) is 0 Å². The van der Waals surface area contributed by atoms with Gasteiger partial charge in [0, 0.05) is 18.2 Å². The van der Waals surface area contributed by atoms with Gasteiger partial charge in [-0.3, -0.25) is 4.68 Å². The van der Waals surface area contributed by atoms with E-state index in [9.17, 15) is 5.11 Å². The Morgan fingerprint density at radius 1 is 1.33 bits per heavy atom. The summed E-state index contributed by atoms with van der Waals surface area (Å²) in [6.07, 6.45) is 6.00. The molecule has 84 valence electrons. The van der Waals surface area contributed by atoms with E-state index in [1.165, 1.54) is 5.69 Å². The third-order valence-corrected chi connectivity index (χ3v) is 3.27. The number of nitrogens with zero attached hydrogens (tertiary/aromatic N) is 2. The Hall–Kier alpha value is -0.830. The third kappa shape index (κ3) is 2.40. The van der Waals surface area contributed by atoms with Crippen molar-refractivity contribution in [1.82, 2.24) is 9.78 Å². The molecule has 3 nitrogen and oxygen atoms in total. The monoisotopic (exact) mass is 208 g/mol. The van der Waals surface area contributed by atoms with E-state index >= 15 is 0 Å². The van der Waals surface area contributed by atoms with Crippen molar-refractivity contribution in [3.8, 4) is 0 Å². The van der Waals surface area contributed by atoms with Gasteiger partial charge in [0.1, 0.15) is 0 Å². The standard InChI is InChI=1S/C12H20N2O/c1-9(2)14-8-7-12(13-14)10-3-5-11(15)6-4-10/h7-11,15H,3-6H2,1-2H3. The van der Waals surface area contributed by atoms with Gasteiger partial charge in [-0.15, -0.1) is 0 Å². The van der Waals surface area contributed by atoms with E-state index in [0.29, 0.717) is 12.0 Å². The first-order valence-electron chi connectivity index (χ1n) is 5.90. The lowest BCUT2D eigenvalue weighted by atomic mass is 9.85. The minimum Gasteiger partial charge on any atom is -0.393 e. The van der Waals surface area contributed by atoms with Gasteiger partial charge in [0.25, 0.3) is 0 Å². The fraction of sp³-hybridized carbons (Fsp3) is 0.750. The lowest BCUT2D eigenvalue weighted by Crippen LogP contribution is -2.17. The number of rotatable bonds is 2. The molecule has 1 aliphatic rings. The smallest absolute Gasteiger partial charge is 0.0655 e. The molecule has 2 rings (SSSR count). The predicted molar refractivity (Wildman–Crippen MR) is 59.8 cm³/mol. The van der Waals surface area contributed by atoms with E-state index in [2.05, 4.69) is 31.2 Å². The van der Waals surface area contributed by atoms with Crippen LogP contribution in [-0.2, 0) is 0 Å². The zero-order valence-electron chi connectivity index (χ0n) is 9.56. The molecule has 0 aliphatic heterocycles. The van der Waals surface area contributed by atoms with Crippen LogP contribution in [0.15, 0.2) is 12.3 Å². The number of hydrogen-bond donors (Lipinski definition) is 1. The second-order valence-electron chi connectivity index (χ2n) is 4.82. The molecule has 0 unspecified atom stereocenters. The topological polar surface area (TPSA) is 38.0 Å². The molecule has 0 atom stereocenters. The van der Waals surface area contributed by atoms with Crippen LogP contribution in [0.25, 0.3) is 0 Å². The van der Waals surface area contributed by atoms with Crippen molar-refractivity contribution < 1.29 is 5.11 Å². The van der Waals surface area contributed by atoms with Crippen LogP contribution in [-0.4, -0.2) is 21.0 Å². The molecular formula is C12H20N2O. The molecule has 1 aromatic heterocycles. The van der Waals surface area contributed by atoms with Crippen molar-refractivity contribution in [3.63, 3.8) is 0 Å². The Labute approximate surface area is 91.1 Å². The highest BCUT2D eigenvalue weighted by atomic mass is 16.3. The first kappa shape index (κ1) is 10.7. The van der Waals surface area contributed by atoms with Crippen molar-refractivity contribution in [3.05, 3.63) is 18.0 Å². The maximum atomic E-state index is 9.44. The normalized spacial score (nSPS) is 27.2. The summed E-state index contributed by atoms with van der Waals surface area (Å²) in [5, 5.41) is 14.0. The molecule has 1 aromatic rings. The van der Waals surface area contributed by atoms with Gasteiger partial charge in [0.15, 0.2) is 0 Å².